The van der Waals surface area contributed by atoms with E-state index in [-0.39, 0.29) is 0 Å². The highest BCUT2D eigenvalue weighted by atomic mass is 79.9. The molecule has 0 fully saturated rings. The normalized spacial score (nSPS) is 10.4. The van der Waals surface area contributed by atoms with Crippen LogP contribution in [0.25, 0.3) is 0 Å². The van der Waals surface area contributed by atoms with Crippen LogP contribution in [0.4, 0.5) is 14.5 Å². The van der Waals surface area contributed by atoms with Crippen molar-refractivity contribution in [3.63, 3.8) is 0 Å². The number of anilines is 1. The number of hydrogen-bond acceptors (Lipinski definition) is 1. The summed E-state index contributed by atoms with van der Waals surface area (Å²) < 4.78 is 24.6. The number of benzene rings is 1. The lowest BCUT2D eigenvalue weighted by Gasteiger charge is -2.07. The molecule has 0 atom stereocenters. The van der Waals surface area contributed by atoms with E-state index in [1.165, 1.54) is 0 Å². The third-order valence-corrected chi connectivity index (χ3v) is 2.15. The average molecular weight is 264 g/mol. The summed E-state index contributed by atoms with van der Waals surface area (Å²) in [6.45, 7) is 1.73. The molecule has 0 heterocycles. The van der Waals surface area contributed by atoms with Gasteiger partial charge in [-0.2, -0.15) is 8.78 Å². The van der Waals surface area contributed by atoms with Crippen molar-refractivity contribution in [1.29, 1.82) is 0 Å². The molecule has 0 unspecified atom stereocenters. The van der Waals surface area contributed by atoms with Crippen LogP contribution in [0.5, 0.6) is 0 Å². The minimum Gasteiger partial charge on any atom is -0.321 e. The topological polar surface area (TPSA) is 29.1 Å². The zero-order valence-corrected chi connectivity index (χ0v) is 8.94. The first-order valence-corrected chi connectivity index (χ1v) is 4.65. The molecule has 5 heteroatoms. The number of halogens is 3. The molecule has 0 saturated heterocycles. The Morgan fingerprint density at radius 3 is 2.71 bits per heavy atom. The molecular weight excluding hydrogens is 256 g/mol. The van der Waals surface area contributed by atoms with Gasteiger partial charge in [0.05, 0.1) is 0 Å². The molecule has 14 heavy (non-hydrogen) atoms. The fourth-order valence-electron chi connectivity index (χ4n) is 0.916. The molecule has 0 radical (unpaired) electrons. The summed E-state index contributed by atoms with van der Waals surface area (Å²) in [5.74, 6) is -1.29. The van der Waals surface area contributed by atoms with E-state index in [1.807, 2.05) is 0 Å². The highest BCUT2D eigenvalue weighted by Gasteiger charge is 2.15. The van der Waals surface area contributed by atoms with E-state index in [0.29, 0.717) is 5.69 Å². The van der Waals surface area contributed by atoms with Crippen molar-refractivity contribution in [2.75, 3.05) is 5.32 Å². The minimum atomic E-state index is -2.99. The van der Waals surface area contributed by atoms with Gasteiger partial charge in [-0.05, 0) is 24.6 Å². The van der Waals surface area contributed by atoms with Gasteiger partial charge in [-0.3, -0.25) is 4.79 Å². The molecule has 0 aliphatic heterocycles. The third-order valence-electron chi connectivity index (χ3n) is 1.66. The number of amides is 1. The number of carbonyl (C=O) groups excluding carboxylic acids is 1. The van der Waals surface area contributed by atoms with E-state index in [9.17, 15) is 13.6 Å². The van der Waals surface area contributed by atoms with Gasteiger partial charge in [-0.1, -0.05) is 22.0 Å². The van der Waals surface area contributed by atoms with Crippen LogP contribution in [0.3, 0.4) is 0 Å². The summed E-state index contributed by atoms with van der Waals surface area (Å²) >= 11 is 3.18. The highest BCUT2D eigenvalue weighted by Crippen LogP contribution is 2.20. The van der Waals surface area contributed by atoms with E-state index in [2.05, 4.69) is 21.2 Å². The first kappa shape index (κ1) is 11.1. The fraction of sp³-hybridized carbons (Fsp3) is 0.222. The van der Waals surface area contributed by atoms with E-state index in [1.54, 1.807) is 25.1 Å². The molecule has 0 saturated carbocycles. The van der Waals surface area contributed by atoms with E-state index in [4.69, 9.17) is 0 Å². The number of nitrogens with one attached hydrogen (secondary N) is 1. The lowest BCUT2D eigenvalue weighted by molar-refractivity contribution is -0.126. The third kappa shape index (κ3) is 2.77. The quantitative estimate of drug-likeness (QED) is 0.874. The SMILES string of the molecule is Cc1ccc(Br)cc1NC(=O)C(F)F. The van der Waals surface area contributed by atoms with E-state index in [0.717, 1.165) is 10.0 Å². The largest absolute Gasteiger partial charge is 0.321 e. The molecule has 1 N–H and O–H groups in total. The minimum absolute atomic E-state index is 0.393. The van der Waals surface area contributed by atoms with Crippen LogP contribution < -0.4 is 5.32 Å². The predicted octanol–water partition coefficient (Wildman–Crippen LogP) is 2.96. The lowest BCUT2D eigenvalue weighted by Crippen LogP contribution is -2.20. The molecule has 0 aromatic heterocycles. The second kappa shape index (κ2) is 4.50. The molecule has 0 spiro atoms. The Labute approximate surface area is 88.4 Å². The summed E-state index contributed by atoms with van der Waals surface area (Å²) in [6.07, 6.45) is -2.99. The van der Waals surface area contributed by atoms with Crippen molar-refractivity contribution in [2.24, 2.45) is 0 Å². The zero-order chi connectivity index (χ0) is 10.7. The molecular formula is C9H8BrF2NO. The Bertz CT molecular complexity index is 355. The number of aryl methyl sites for hydroxylation is 1. The smallest absolute Gasteiger partial charge is 0.315 e. The summed E-state index contributed by atoms with van der Waals surface area (Å²) in [5.41, 5.74) is 1.13. The van der Waals surface area contributed by atoms with E-state index < -0.39 is 12.3 Å². The van der Waals surface area contributed by atoms with Gasteiger partial charge in [0.25, 0.3) is 5.91 Å². The Hall–Kier alpha value is -0.970. The summed E-state index contributed by atoms with van der Waals surface area (Å²) in [7, 11) is 0. The Morgan fingerprint density at radius 2 is 2.14 bits per heavy atom. The maximum absolute atomic E-state index is 11.9. The average Bonchev–Trinajstić information content (AvgIpc) is 2.11. The van der Waals surface area contributed by atoms with Gasteiger partial charge < -0.3 is 5.32 Å². The zero-order valence-electron chi connectivity index (χ0n) is 7.35. The van der Waals surface area contributed by atoms with Crippen LogP contribution in [0.15, 0.2) is 22.7 Å². The molecule has 1 rings (SSSR count). The second-order valence-electron chi connectivity index (χ2n) is 2.75. The number of rotatable bonds is 2. The molecule has 76 valence electrons. The van der Waals surface area contributed by atoms with Gasteiger partial charge in [-0.15, -0.1) is 0 Å². The maximum atomic E-state index is 11.9. The van der Waals surface area contributed by atoms with Crippen LogP contribution in [-0.2, 0) is 4.79 Å². The van der Waals surface area contributed by atoms with Gasteiger partial charge in [0.2, 0.25) is 0 Å². The van der Waals surface area contributed by atoms with Gasteiger partial charge in [-0.25, -0.2) is 0 Å². The van der Waals surface area contributed by atoms with Crippen molar-refractivity contribution in [1.82, 2.24) is 0 Å². The van der Waals surface area contributed by atoms with Gasteiger partial charge in [0.15, 0.2) is 0 Å². The number of alkyl halides is 2. The molecule has 1 aromatic rings. The van der Waals surface area contributed by atoms with Crippen LogP contribution in [0.1, 0.15) is 5.56 Å². The van der Waals surface area contributed by atoms with Crippen molar-refractivity contribution in [2.45, 2.75) is 13.3 Å². The Balaban J connectivity index is 2.86. The number of hydrogen-bond donors (Lipinski definition) is 1. The van der Waals surface area contributed by atoms with Crippen molar-refractivity contribution < 1.29 is 13.6 Å². The fourth-order valence-corrected chi connectivity index (χ4v) is 1.28. The molecule has 1 amide bonds. The standard InChI is InChI=1S/C9H8BrF2NO/c1-5-2-3-6(10)4-7(5)13-9(14)8(11)12/h2-4,8H,1H3,(H,13,14). The van der Waals surface area contributed by atoms with Gasteiger partial charge in [0, 0.05) is 10.2 Å². The van der Waals surface area contributed by atoms with Gasteiger partial charge in [0.1, 0.15) is 0 Å². The second-order valence-corrected chi connectivity index (χ2v) is 3.66. The predicted molar refractivity (Wildman–Crippen MR) is 53.5 cm³/mol. The van der Waals surface area contributed by atoms with Crippen LogP contribution in [0, 0.1) is 6.92 Å². The summed E-state index contributed by atoms with van der Waals surface area (Å²) in [6, 6.07) is 5.08. The molecule has 1 aromatic carbocycles. The first-order valence-electron chi connectivity index (χ1n) is 3.86. The van der Waals surface area contributed by atoms with Crippen molar-refractivity contribution >= 4 is 27.5 Å². The molecule has 2 nitrogen and oxygen atoms in total. The van der Waals surface area contributed by atoms with Crippen LogP contribution in [-0.4, -0.2) is 12.3 Å². The Kier molecular flexibility index (Phi) is 3.57. The highest BCUT2D eigenvalue weighted by molar-refractivity contribution is 9.10. The monoisotopic (exact) mass is 263 g/mol. The van der Waals surface area contributed by atoms with Crippen molar-refractivity contribution in [3.8, 4) is 0 Å². The molecule has 0 aliphatic rings. The number of carbonyl (C=O) groups is 1. The first-order chi connectivity index (χ1) is 6.50. The van der Waals surface area contributed by atoms with Gasteiger partial charge >= 0.3 is 6.43 Å². The maximum Gasteiger partial charge on any atom is 0.315 e. The lowest BCUT2D eigenvalue weighted by atomic mass is 10.2. The molecule has 0 bridgehead atoms. The van der Waals surface area contributed by atoms with Crippen LogP contribution >= 0.6 is 15.9 Å². The molecule has 0 aliphatic carbocycles. The van der Waals surface area contributed by atoms with Crippen LogP contribution in [0.2, 0.25) is 0 Å². The summed E-state index contributed by atoms with van der Waals surface area (Å²) in [5, 5.41) is 2.13. The summed E-state index contributed by atoms with van der Waals surface area (Å²) in [4.78, 5) is 10.7. The van der Waals surface area contributed by atoms with E-state index >= 15 is 0 Å². The Morgan fingerprint density at radius 1 is 1.50 bits per heavy atom. The van der Waals surface area contributed by atoms with Crippen molar-refractivity contribution in [3.05, 3.63) is 28.2 Å².